The highest BCUT2D eigenvalue weighted by atomic mass is 19.1. The van der Waals surface area contributed by atoms with E-state index in [9.17, 15) is 9.59 Å². The Kier molecular flexibility index (Phi) is 4.96. The van der Waals surface area contributed by atoms with Gasteiger partial charge in [0.1, 0.15) is 12.3 Å². The van der Waals surface area contributed by atoms with Gasteiger partial charge in [-0.1, -0.05) is 5.16 Å². The van der Waals surface area contributed by atoms with Crippen LogP contribution in [0.3, 0.4) is 0 Å². The first-order valence-electron chi connectivity index (χ1n) is 9.47. The van der Waals surface area contributed by atoms with Crippen molar-refractivity contribution in [2.75, 3.05) is 34.3 Å². The molecule has 4 rings (SSSR count). The lowest BCUT2D eigenvalue weighted by Gasteiger charge is -2.26. The largest absolute Gasteiger partial charge is 0.489 e. The maximum Gasteiger partial charge on any atom is 0.238 e. The van der Waals surface area contributed by atoms with Gasteiger partial charge < -0.3 is 14.2 Å². The highest BCUT2D eigenvalue weighted by molar-refractivity contribution is 6.10. The number of ether oxygens (including phenoxy) is 1. The number of carbonyl (C=O) groups excluding carboxylic acids is 2. The average molecular weight is 399 g/mol. The first-order chi connectivity index (χ1) is 13.9. The van der Waals surface area contributed by atoms with Gasteiger partial charge >= 0.3 is 0 Å². The SMILES string of the molecule is CN(C)CCOc1ccc2c(ccc3onc([C@H]4CCC(=O)N(C)C4=O)c32)c1F. The lowest BCUT2D eigenvalue weighted by atomic mass is 9.90. The zero-order chi connectivity index (χ0) is 20.7. The highest BCUT2D eigenvalue weighted by Gasteiger charge is 2.36. The van der Waals surface area contributed by atoms with E-state index in [4.69, 9.17) is 9.26 Å². The van der Waals surface area contributed by atoms with E-state index in [1.807, 2.05) is 19.0 Å². The van der Waals surface area contributed by atoms with Crippen molar-refractivity contribution < 1.29 is 23.2 Å². The third kappa shape index (κ3) is 3.33. The standard InChI is InChI=1S/C21H22FN3O4/c1-24(2)10-11-28-16-8-4-12-13(19(16)22)5-7-15-18(12)20(23-29-15)14-6-9-17(26)25(3)21(14)27/h4-5,7-8,14H,6,9-11H2,1-3H3/t14-/m1/s1. The zero-order valence-corrected chi connectivity index (χ0v) is 16.6. The number of amides is 2. The summed E-state index contributed by atoms with van der Waals surface area (Å²) in [5.74, 6) is -1.41. The molecule has 0 unspecified atom stereocenters. The summed E-state index contributed by atoms with van der Waals surface area (Å²) in [6.45, 7) is 1.04. The molecule has 2 heterocycles. The number of imide groups is 1. The minimum Gasteiger partial charge on any atom is -0.489 e. The molecular formula is C21H22FN3O4. The maximum atomic E-state index is 15.1. The fraction of sp³-hybridized carbons (Fsp3) is 0.381. The molecule has 2 aromatic carbocycles. The second-order valence-electron chi connectivity index (χ2n) is 7.51. The number of likely N-dealkylation sites (tertiary alicyclic amines) is 1. The third-order valence-corrected chi connectivity index (χ3v) is 5.34. The number of nitrogens with zero attached hydrogens (tertiary/aromatic N) is 3. The van der Waals surface area contributed by atoms with Crippen LogP contribution in [0.15, 0.2) is 28.8 Å². The van der Waals surface area contributed by atoms with Gasteiger partial charge in [0.25, 0.3) is 0 Å². The zero-order valence-electron chi connectivity index (χ0n) is 16.6. The van der Waals surface area contributed by atoms with Gasteiger partial charge in [-0.2, -0.15) is 0 Å². The molecule has 3 aromatic rings. The summed E-state index contributed by atoms with van der Waals surface area (Å²) >= 11 is 0. The number of carbonyl (C=O) groups is 2. The van der Waals surface area contributed by atoms with Crippen LogP contribution in [0.2, 0.25) is 0 Å². The molecule has 1 fully saturated rings. The van der Waals surface area contributed by atoms with Crippen molar-refractivity contribution >= 4 is 33.6 Å². The molecule has 8 heteroatoms. The van der Waals surface area contributed by atoms with Gasteiger partial charge in [-0.3, -0.25) is 14.5 Å². The summed E-state index contributed by atoms with van der Waals surface area (Å²) < 4.78 is 26.1. The Balaban J connectivity index is 1.78. The van der Waals surface area contributed by atoms with Gasteiger partial charge in [0.2, 0.25) is 11.8 Å². The van der Waals surface area contributed by atoms with Crippen LogP contribution in [0.25, 0.3) is 21.7 Å². The molecule has 7 nitrogen and oxygen atoms in total. The van der Waals surface area contributed by atoms with Crippen LogP contribution in [0.5, 0.6) is 5.75 Å². The normalized spacial score (nSPS) is 17.7. The predicted octanol–water partition coefficient (Wildman–Crippen LogP) is 2.92. The lowest BCUT2D eigenvalue weighted by Crippen LogP contribution is -2.41. The molecule has 152 valence electrons. The van der Waals surface area contributed by atoms with Gasteiger partial charge in [-0.05, 0) is 50.2 Å². The van der Waals surface area contributed by atoms with Gasteiger partial charge in [0.15, 0.2) is 17.1 Å². The first kappa shape index (κ1) is 19.3. The van der Waals surface area contributed by atoms with Crippen LogP contribution in [0.4, 0.5) is 4.39 Å². The summed E-state index contributed by atoms with van der Waals surface area (Å²) in [4.78, 5) is 27.5. The van der Waals surface area contributed by atoms with Gasteiger partial charge in [0, 0.05) is 25.4 Å². The molecule has 0 aliphatic carbocycles. The summed E-state index contributed by atoms with van der Waals surface area (Å²) in [6, 6.07) is 6.61. The van der Waals surface area contributed by atoms with E-state index in [0.29, 0.717) is 47.0 Å². The molecule has 0 saturated carbocycles. The molecule has 1 saturated heterocycles. The second-order valence-corrected chi connectivity index (χ2v) is 7.51. The number of benzene rings is 2. The van der Waals surface area contributed by atoms with Gasteiger partial charge in [-0.15, -0.1) is 0 Å². The Bertz CT molecular complexity index is 1110. The first-order valence-corrected chi connectivity index (χ1v) is 9.47. The number of rotatable bonds is 5. The fourth-order valence-electron chi connectivity index (χ4n) is 3.67. The molecule has 0 N–H and O–H groups in total. The van der Waals surface area contributed by atoms with Crippen LogP contribution < -0.4 is 4.74 Å². The molecular weight excluding hydrogens is 377 g/mol. The summed E-state index contributed by atoms with van der Waals surface area (Å²) in [7, 11) is 5.30. The number of likely N-dealkylation sites (N-methyl/N-ethyl adjacent to an activating group) is 2. The summed E-state index contributed by atoms with van der Waals surface area (Å²) in [5.41, 5.74) is 0.913. The fourth-order valence-corrected chi connectivity index (χ4v) is 3.67. The Labute approximate surface area is 167 Å². The van der Waals surface area contributed by atoms with Gasteiger partial charge in [0.05, 0.1) is 11.3 Å². The molecule has 0 bridgehead atoms. The van der Waals surface area contributed by atoms with Crippen LogP contribution in [0, 0.1) is 5.82 Å². The number of hydrogen-bond acceptors (Lipinski definition) is 6. The number of halogens is 1. The average Bonchev–Trinajstić information content (AvgIpc) is 3.12. The van der Waals surface area contributed by atoms with E-state index in [1.165, 1.54) is 7.05 Å². The molecule has 1 aromatic heterocycles. The van der Waals surface area contributed by atoms with Crippen molar-refractivity contribution in [1.29, 1.82) is 0 Å². The summed E-state index contributed by atoms with van der Waals surface area (Å²) in [6.07, 6.45) is 0.610. The molecule has 1 aliphatic rings. The highest BCUT2D eigenvalue weighted by Crippen LogP contribution is 2.38. The number of piperidine rings is 1. The Hall–Kier alpha value is -3.00. The van der Waals surface area contributed by atoms with E-state index in [2.05, 4.69) is 5.16 Å². The Morgan fingerprint density at radius 3 is 2.76 bits per heavy atom. The van der Waals surface area contributed by atoms with Crippen LogP contribution in [-0.2, 0) is 9.59 Å². The number of aromatic nitrogens is 1. The molecule has 1 atom stereocenters. The maximum absolute atomic E-state index is 15.1. The van der Waals surface area contributed by atoms with Crippen LogP contribution in [-0.4, -0.2) is 61.1 Å². The van der Waals surface area contributed by atoms with Crippen molar-refractivity contribution in [3.63, 3.8) is 0 Å². The van der Waals surface area contributed by atoms with Crippen molar-refractivity contribution in [2.45, 2.75) is 18.8 Å². The van der Waals surface area contributed by atoms with E-state index in [1.54, 1.807) is 24.3 Å². The molecule has 29 heavy (non-hydrogen) atoms. The summed E-state index contributed by atoms with van der Waals surface area (Å²) in [5, 5.41) is 5.68. The minimum atomic E-state index is -0.594. The molecule has 2 amide bonds. The van der Waals surface area contributed by atoms with E-state index >= 15 is 4.39 Å². The monoisotopic (exact) mass is 399 g/mol. The van der Waals surface area contributed by atoms with Crippen LogP contribution in [0.1, 0.15) is 24.5 Å². The molecule has 0 radical (unpaired) electrons. The van der Waals surface area contributed by atoms with E-state index in [0.717, 1.165) is 4.90 Å². The lowest BCUT2D eigenvalue weighted by molar-refractivity contribution is -0.147. The quantitative estimate of drug-likeness (QED) is 0.614. The van der Waals surface area contributed by atoms with Crippen molar-refractivity contribution in [3.05, 3.63) is 35.8 Å². The second kappa shape index (κ2) is 7.44. The van der Waals surface area contributed by atoms with Crippen molar-refractivity contribution in [1.82, 2.24) is 15.0 Å². The predicted molar refractivity (Wildman–Crippen MR) is 105 cm³/mol. The molecule has 0 spiro atoms. The van der Waals surface area contributed by atoms with Crippen molar-refractivity contribution in [3.8, 4) is 5.75 Å². The van der Waals surface area contributed by atoms with E-state index < -0.39 is 11.7 Å². The molecule has 1 aliphatic heterocycles. The van der Waals surface area contributed by atoms with Gasteiger partial charge in [-0.25, -0.2) is 4.39 Å². The van der Waals surface area contributed by atoms with Crippen LogP contribution >= 0.6 is 0 Å². The topological polar surface area (TPSA) is 75.9 Å². The smallest absolute Gasteiger partial charge is 0.238 e. The van der Waals surface area contributed by atoms with E-state index in [-0.39, 0.29) is 24.0 Å². The Morgan fingerprint density at radius 1 is 1.24 bits per heavy atom. The third-order valence-electron chi connectivity index (χ3n) is 5.34. The number of fused-ring (bicyclic) bond motifs is 3. The number of hydrogen-bond donors (Lipinski definition) is 0. The Morgan fingerprint density at radius 2 is 2.00 bits per heavy atom. The minimum absolute atomic E-state index is 0.177. The van der Waals surface area contributed by atoms with Crippen molar-refractivity contribution in [2.24, 2.45) is 0 Å².